The fourth-order valence-electron chi connectivity index (χ4n) is 5.91. The highest BCUT2D eigenvalue weighted by Crippen LogP contribution is 2.37. The molecule has 58 heavy (non-hydrogen) atoms. The molecule has 1 fully saturated rings. The summed E-state index contributed by atoms with van der Waals surface area (Å²) < 4.78 is 60.0. The standard InChI is InChI=1S/C40H49F3N2O13/c1-26(39(51)58-35-19-16-27(22-36(35)54-2)10-8-20-55-38(50)15-9-21-57-45(52)53)44-37(49)14-6-4-3-5-13-31-32(34(48)24-33(31)47)18-17-29(46)25-56-30-12-7-11-28(23-30)40(41,42)43/h3,5,7-8,10-12,16-19,22-23,26,29,31-34,46-48H,4,6,9,13-15,20-21,24-25H2,1-2H3,(H,44,49)/b5-3-,10-8+,18-17+/t26?,29-,31-,32-,33+,34-/m1/s1. The number of carbonyl (C=O) groups is 3. The van der Waals surface area contributed by atoms with Gasteiger partial charge in [0, 0.05) is 25.2 Å². The number of benzene rings is 2. The van der Waals surface area contributed by atoms with Crippen LogP contribution >= 0.6 is 0 Å². The number of ether oxygens (including phenoxy) is 4. The van der Waals surface area contributed by atoms with E-state index >= 15 is 0 Å². The number of alkyl halides is 3. The number of esters is 2. The van der Waals surface area contributed by atoms with Crippen LogP contribution in [0.1, 0.15) is 63.0 Å². The number of unbranched alkanes of at least 4 members (excludes halogenated alkanes) is 1. The third-order valence-corrected chi connectivity index (χ3v) is 8.91. The van der Waals surface area contributed by atoms with E-state index in [1.807, 2.05) is 12.2 Å². The maximum Gasteiger partial charge on any atom is 0.416 e. The van der Waals surface area contributed by atoms with Crippen LogP contribution in [-0.2, 0) is 30.1 Å². The molecule has 18 heteroatoms. The quantitative estimate of drug-likeness (QED) is 0.0286. The first-order chi connectivity index (χ1) is 27.6. The third kappa shape index (κ3) is 16.6. The average molecular weight is 823 g/mol. The van der Waals surface area contributed by atoms with E-state index in [1.165, 1.54) is 38.3 Å². The Morgan fingerprint density at radius 2 is 1.81 bits per heavy atom. The maximum absolute atomic E-state index is 12.9. The molecule has 15 nitrogen and oxygen atoms in total. The van der Waals surface area contributed by atoms with E-state index in [9.17, 15) is 53.0 Å². The van der Waals surface area contributed by atoms with Gasteiger partial charge in [-0.15, -0.1) is 10.1 Å². The zero-order chi connectivity index (χ0) is 42.7. The second kappa shape index (κ2) is 23.7. The number of halogens is 3. The van der Waals surface area contributed by atoms with Gasteiger partial charge in [-0.2, -0.15) is 13.2 Å². The number of hydrogen-bond donors (Lipinski definition) is 4. The van der Waals surface area contributed by atoms with Crippen LogP contribution in [0.15, 0.2) is 72.8 Å². The lowest BCUT2D eigenvalue weighted by Crippen LogP contribution is -2.40. The predicted octanol–water partition coefficient (Wildman–Crippen LogP) is 5.14. The number of aliphatic hydroxyl groups excluding tert-OH is 3. The fourth-order valence-corrected chi connectivity index (χ4v) is 5.91. The van der Waals surface area contributed by atoms with Gasteiger partial charge in [0.05, 0.1) is 31.5 Å². The summed E-state index contributed by atoms with van der Waals surface area (Å²) in [5.74, 6) is -2.17. The number of amides is 1. The Balaban J connectivity index is 1.37. The molecular weight excluding hydrogens is 773 g/mol. The van der Waals surface area contributed by atoms with Gasteiger partial charge in [0.15, 0.2) is 11.5 Å². The van der Waals surface area contributed by atoms with E-state index in [4.69, 9.17) is 18.9 Å². The lowest BCUT2D eigenvalue weighted by Gasteiger charge is -2.19. The molecule has 0 aromatic heterocycles. The summed E-state index contributed by atoms with van der Waals surface area (Å²) in [7, 11) is 1.39. The Bertz CT molecular complexity index is 1750. The van der Waals surface area contributed by atoms with Gasteiger partial charge in [0.2, 0.25) is 5.91 Å². The van der Waals surface area contributed by atoms with Gasteiger partial charge in [-0.05, 0) is 80.5 Å². The molecule has 1 amide bonds. The summed E-state index contributed by atoms with van der Waals surface area (Å²) in [5, 5.41) is 43.2. The van der Waals surface area contributed by atoms with E-state index in [-0.39, 0.29) is 74.6 Å². The molecule has 0 bridgehead atoms. The molecule has 0 spiro atoms. The number of nitrogens with zero attached hydrogens (tertiary/aromatic N) is 1. The number of carbonyl (C=O) groups excluding carboxylic acids is 3. The first kappa shape index (κ1) is 46.9. The van der Waals surface area contributed by atoms with Crippen LogP contribution in [0.3, 0.4) is 0 Å². The van der Waals surface area contributed by atoms with Crippen LogP contribution in [-0.4, -0.2) is 89.5 Å². The normalized spacial score (nSPS) is 19.2. The number of aliphatic hydroxyl groups is 3. The van der Waals surface area contributed by atoms with Gasteiger partial charge >= 0.3 is 18.1 Å². The molecule has 2 aromatic carbocycles. The van der Waals surface area contributed by atoms with Gasteiger partial charge in [0.1, 0.15) is 31.1 Å². The molecule has 2 aromatic rings. The molecule has 1 saturated carbocycles. The largest absolute Gasteiger partial charge is 0.493 e. The maximum atomic E-state index is 12.9. The first-order valence-corrected chi connectivity index (χ1v) is 18.5. The highest BCUT2D eigenvalue weighted by atomic mass is 19.4. The van der Waals surface area contributed by atoms with E-state index in [0.29, 0.717) is 24.8 Å². The van der Waals surface area contributed by atoms with Crippen molar-refractivity contribution in [2.45, 2.75) is 82.4 Å². The zero-order valence-electron chi connectivity index (χ0n) is 32.0. The van der Waals surface area contributed by atoms with Crippen molar-refractivity contribution in [2.75, 3.05) is 26.9 Å². The fraction of sp³-hybridized carbons (Fsp3) is 0.475. The lowest BCUT2D eigenvalue weighted by atomic mass is 9.89. The predicted molar refractivity (Wildman–Crippen MR) is 202 cm³/mol. The topological polar surface area (TPSA) is 213 Å². The number of nitrogens with one attached hydrogen (secondary N) is 1. The van der Waals surface area contributed by atoms with Crippen LogP contribution in [0, 0.1) is 22.0 Å². The molecular formula is C40H49F3N2O13. The first-order valence-electron chi connectivity index (χ1n) is 18.5. The molecule has 0 saturated heterocycles. The summed E-state index contributed by atoms with van der Waals surface area (Å²) in [4.78, 5) is 51.2. The molecule has 0 heterocycles. The van der Waals surface area contributed by atoms with Crippen LogP contribution < -0.4 is 19.5 Å². The number of rotatable bonds is 23. The van der Waals surface area contributed by atoms with Crippen molar-refractivity contribution in [3.8, 4) is 17.2 Å². The zero-order valence-corrected chi connectivity index (χ0v) is 32.0. The van der Waals surface area contributed by atoms with Crippen LogP contribution in [0.4, 0.5) is 13.2 Å². The van der Waals surface area contributed by atoms with Gasteiger partial charge < -0.3 is 44.4 Å². The Labute approximate surface area is 333 Å². The van der Waals surface area contributed by atoms with Crippen LogP contribution in [0.25, 0.3) is 6.08 Å². The lowest BCUT2D eigenvalue weighted by molar-refractivity contribution is -0.757. The molecule has 4 N–H and O–H groups in total. The van der Waals surface area contributed by atoms with Gasteiger partial charge in [0.25, 0.3) is 5.09 Å². The van der Waals surface area contributed by atoms with Crippen LogP contribution in [0.5, 0.6) is 17.2 Å². The molecule has 3 rings (SSSR count). The summed E-state index contributed by atoms with van der Waals surface area (Å²) in [6, 6.07) is 8.07. The van der Waals surface area contributed by atoms with Gasteiger partial charge in [-0.1, -0.05) is 42.5 Å². The van der Waals surface area contributed by atoms with Crippen molar-refractivity contribution in [3.05, 3.63) is 94.1 Å². The Morgan fingerprint density at radius 3 is 2.53 bits per heavy atom. The SMILES string of the molecule is COc1cc(/C=C/COC(=O)CCCO[N+](=O)[O-])ccc1OC(=O)C(C)NC(=O)CCC/C=C\C[C@@H]1[C@@H](/C=C/[C@@H](O)COc2cccc(C(F)(F)F)c2)[C@H](O)C[C@@H]1O. The van der Waals surface area contributed by atoms with E-state index < -0.39 is 59.0 Å². The molecule has 1 unspecified atom stereocenters. The van der Waals surface area contributed by atoms with Crippen molar-refractivity contribution in [2.24, 2.45) is 11.8 Å². The van der Waals surface area contributed by atoms with Crippen molar-refractivity contribution < 1.29 is 71.7 Å². The summed E-state index contributed by atoms with van der Waals surface area (Å²) in [5.41, 5.74) is -0.226. The van der Waals surface area contributed by atoms with Gasteiger partial charge in [-0.3, -0.25) is 9.59 Å². The number of hydrogen-bond acceptors (Lipinski definition) is 13. The van der Waals surface area contributed by atoms with Crippen molar-refractivity contribution >= 4 is 23.9 Å². The molecule has 6 atom stereocenters. The highest BCUT2D eigenvalue weighted by Gasteiger charge is 2.39. The van der Waals surface area contributed by atoms with Crippen LogP contribution in [0.2, 0.25) is 0 Å². The Hall–Kier alpha value is -5.46. The van der Waals surface area contributed by atoms with Gasteiger partial charge in [-0.25, -0.2) is 4.79 Å². The van der Waals surface area contributed by atoms with Crippen molar-refractivity contribution in [1.29, 1.82) is 0 Å². The smallest absolute Gasteiger partial charge is 0.416 e. The molecule has 0 radical (unpaired) electrons. The Kier molecular flexibility index (Phi) is 19.2. The minimum absolute atomic E-state index is 0.0383. The molecule has 0 aliphatic heterocycles. The van der Waals surface area contributed by atoms with Crippen molar-refractivity contribution in [3.63, 3.8) is 0 Å². The summed E-state index contributed by atoms with van der Waals surface area (Å²) in [6.07, 6.45) is 4.25. The molecule has 318 valence electrons. The second-order valence-electron chi connectivity index (χ2n) is 13.4. The van der Waals surface area contributed by atoms with E-state index in [1.54, 1.807) is 30.4 Å². The number of allylic oxidation sites excluding steroid dienone is 2. The Morgan fingerprint density at radius 1 is 1.03 bits per heavy atom. The second-order valence-corrected chi connectivity index (χ2v) is 13.4. The minimum Gasteiger partial charge on any atom is -0.493 e. The minimum atomic E-state index is -4.53. The molecule has 1 aliphatic carbocycles. The van der Waals surface area contributed by atoms with E-state index in [0.717, 1.165) is 12.1 Å². The van der Waals surface area contributed by atoms with Crippen molar-refractivity contribution in [1.82, 2.24) is 5.32 Å². The number of methoxy groups -OCH3 is 1. The monoisotopic (exact) mass is 822 g/mol. The summed E-state index contributed by atoms with van der Waals surface area (Å²) >= 11 is 0. The third-order valence-electron chi connectivity index (χ3n) is 8.91. The molecule has 1 aliphatic rings. The van der Waals surface area contributed by atoms with E-state index in [2.05, 4.69) is 10.2 Å². The highest BCUT2D eigenvalue weighted by molar-refractivity contribution is 5.85. The average Bonchev–Trinajstić information content (AvgIpc) is 3.45. The summed E-state index contributed by atoms with van der Waals surface area (Å²) in [6.45, 7) is 0.920.